The number of aromatic hydroxyl groups is 1. The molecule has 0 aliphatic carbocycles. The number of aryl methyl sites for hydroxylation is 2. The van der Waals surface area contributed by atoms with Crippen LogP contribution in [0.2, 0.25) is 0 Å². The van der Waals surface area contributed by atoms with Gasteiger partial charge >= 0.3 is 5.97 Å². The van der Waals surface area contributed by atoms with Crippen LogP contribution in [0.1, 0.15) is 28.8 Å². The highest BCUT2D eigenvalue weighted by molar-refractivity contribution is 5.91. The van der Waals surface area contributed by atoms with Gasteiger partial charge in [-0.15, -0.1) is 0 Å². The lowest BCUT2D eigenvalue weighted by Gasteiger charge is -2.14. The zero-order chi connectivity index (χ0) is 20.4. The fraction of sp³-hybridized carbons (Fsp3) is 0.250. The number of hydrogen-bond acceptors (Lipinski definition) is 8. The molecule has 0 fully saturated rings. The number of furan rings is 1. The number of nitrogen functional groups attached to an aromatic ring is 1. The Kier molecular flexibility index (Phi) is 5.21. The molecule has 3 rings (SSSR count). The smallest absolute Gasteiger partial charge is 0.373 e. The maximum Gasteiger partial charge on any atom is 0.373 e. The first-order valence-electron chi connectivity index (χ1n) is 8.61. The molecular formula is C20H21N3O5. The van der Waals surface area contributed by atoms with Gasteiger partial charge in [0.05, 0.1) is 19.9 Å². The molecule has 2 aromatic heterocycles. The minimum absolute atomic E-state index is 0.0114. The first kappa shape index (κ1) is 19.2. The first-order chi connectivity index (χ1) is 13.4. The van der Waals surface area contributed by atoms with Crippen molar-refractivity contribution in [1.82, 2.24) is 9.97 Å². The van der Waals surface area contributed by atoms with Crippen LogP contribution >= 0.6 is 0 Å². The number of carbonyl (C=O) groups is 1. The lowest BCUT2D eigenvalue weighted by Crippen LogP contribution is -2.00. The van der Waals surface area contributed by atoms with Crippen molar-refractivity contribution in [3.8, 4) is 33.9 Å². The van der Waals surface area contributed by atoms with Crippen LogP contribution in [-0.4, -0.2) is 35.3 Å². The van der Waals surface area contributed by atoms with Gasteiger partial charge in [-0.2, -0.15) is 0 Å². The molecule has 0 saturated heterocycles. The van der Waals surface area contributed by atoms with Crippen LogP contribution in [0.25, 0.3) is 22.4 Å². The van der Waals surface area contributed by atoms with Crippen LogP contribution in [0.4, 0.5) is 5.95 Å². The van der Waals surface area contributed by atoms with Crippen molar-refractivity contribution in [1.29, 1.82) is 0 Å². The van der Waals surface area contributed by atoms with Gasteiger partial charge in [0.2, 0.25) is 11.7 Å². The summed E-state index contributed by atoms with van der Waals surface area (Å²) in [5, 5.41) is 10.6. The molecule has 146 valence electrons. The van der Waals surface area contributed by atoms with E-state index >= 15 is 0 Å². The largest absolute Gasteiger partial charge is 0.507 e. The topological polar surface area (TPSA) is 121 Å². The van der Waals surface area contributed by atoms with E-state index in [1.807, 2.05) is 6.92 Å². The number of ether oxygens (including phenoxy) is 2. The van der Waals surface area contributed by atoms with Crippen LogP contribution in [0.15, 0.2) is 28.8 Å². The van der Waals surface area contributed by atoms with E-state index in [9.17, 15) is 9.90 Å². The van der Waals surface area contributed by atoms with E-state index in [0.717, 1.165) is 5.56 Å². The van der Waals surface area contributed by atoms with Crippen LogP contribution in [0, 0.1) is 6.92 Å². The maximum atomic E-state index is 11.8. The highest BCUT2D eigenvalue weighted by Gasteiger charge is 2.22. The third-order valence-electron chi connectivity index (χ3n) is 4.44. The van der Waals surface area contributed by atoms with Crippen molar-refractivity contribution in [3.05, 3.63) is 41.5 Å². The lowest BCUT2D eigenvalue weighted by atomic mass is 9.97. The normalized spacial score (nSPS) is 10.7. The summed E-state index contributed by atoms with van der Waals surface area (Å²) in [6, 6.07) is 4.90. The van der Waals surface area contributed by atoms with Crippen LogP contribution in [0.3, 0.4) is 0 Å². The Hall–Kier alpha value is -3.55. The highest BCUT2D eigenvalue weighted by Crippen LogP contribution is 2.40. The minimum atomic E-state index is -0.590. The van der Waals surface area contributed by atoms with E-state index in [2.05, 4.69) is 9.97 Å². The Morgan fingerprint density at radius 3 is 2.61 bits per heavy atom. The highest BCUT2D eigenvalue weighted by atomic mass is 16.5. The van der Waals surface area contributed by atoms with Crippen molar-refractivity contribution in [2.45, 2.75) is 20.3 Å². The molecule has 1 aromatic carbocycles. The number of esters is 1. The SMILES string of the molecule is CCc1cc(-c2nc(N)ncc2-c2cc(C(=O)OC)oc2C)c(O)cc1OC. The molecule has 0 radical (unpaired) electrons. The number of phenols is 1. The Morgan fingerprint density at radius 2 is 1.96 bits per heavy atom. The van der Waals surface area contributed by atoms with Crippen LogP contribution in [0.5, 0.6) is 11.5 Å². The number of nitrogens with two attached hydrogens (primary N) is 1. The summed E-state index contributed by atoms with van der Waals surface area (Å²) in [6.45, 7) is 3.70. The summed E-state index contributed by atoms with van der Waals surface area (Å²) in [5.74, 6) is 0.585. The fourth-order valence-electron chi connectivity index (χ4n) is 3.02. The predicted molar refractivity (Wildman–Crippen MR) is 103 cm³/mol. The summed E-state index contributed by atoms with van der Waals surface area (Å²) in [6.07, 6.45) is 2.23. The number of rotatable bonds is 5. The third kappa shape index (κ3) is 3.36. The number of nitrogens with zero attached hydrogens (tertiary/aromatic N) is 2. The minimum Gasteiger partial charge on any atom is -0.507 e. The number of anilines is 1. The molecule has 0 saturated carbocycles. The molecule has 2 heterocycles. The molecule has 3 aromatic rings. The van der Waals surface area contributed by atoms with Gasteiger partial charge in [0.25, 0.3) is 0 Å². The monoisotopic (exact) mass is 383 g/mol. The number of hydrogen-bond donors (Lipinski definition) is 2. The molecule has 0 amide bonds. The first-order valence-corrected chi connectivity index (χ1v) is 8.61. The van der Waals surface area contributed by atoms with Crippen molar-refractivity contribution in [2.24, 2.45) is 0 Å². The Labute approximate surface area is 161 Å². The summed E-state index contributed by atoms with van der Waals surface area (Å²) in [5.41, 5.74) is 8.76. The Balaban J connectivity index is 2.24. The van der Waals surface area contributed by atoms with Crippen LogP contribution in [-0.2, 0) is 11.2 Å². The fourth-order valence-corrected chi connectivity index (χ4v) is 3.02. The molecule has 0 aliphatic rings. The van der Waals surface area contributed by atoms with Crippen molar-refractivity contribution in [3.63, 3.8) is 0 Å². The van der Waals surface area contributed by atoms with Gasteiger partial charge in [0.15, 0.2) is 0 Å². The van der Waals surface area contributed by atoms with Gasteiger partial charge in [-0.3, -0.25) is 0 Å². The maximum absolute atomic E-state index is 11.8. The average Bonchev–Trinajstić information content (AvgIpc) is 3.08. The molecule has 0 atom stereocenters. The molecule has 8 nitrogen and oxygen atoms in total. The van der Waals surface area contributed by atoms with Crippen molar-refractivity contribution in [2.75, 3.05) is 20.0 Å². The molecule has 0 spiro atoms. The lowest BCUT2D eigenvalue weighted by molar-refractivity contribution is 0.0563. The molecule has 0 bridgehead atoms. The van der Waals surface area contributed by atoms with Crippen LogP contribution < -0.4 is 10.5 Å². The third-order valence-corrected chi connectivity index (χ3v) is 4.44. The van der Waals surface area contributed by atoms with Gasteiger partial charge in [0, 0.05) is 29.0 Å². The van der Waals surface area contributed by atoms with Crippen molar-refractivity contribution < 1.29 is 23.8 Å². The van der Waals surface area contributed by atoms with E-state index < -0.39 is 5.97 Å². The molecular weight excluding hydrogens is 362 g/mol. The van der Waals surface area contributed by atoms with E-state index in [4.69, 9.17) is 19.6 Å². The summed E-state index contributed by atoms with van der Waals surface area (Å²) >= 11 is 0. The summed E-state index contributed by atoms with van der Waals surface area (Å²) < 4.78 is 15.5. The zero-order valence-electron chi connectivity index (χ0n) is 16.1. The molecule has 3 N–H and O–H groups in total. The number of phenolic OH excluding ortho intramolecular Hbond substituents is 1. The van der Waals surface area contributed by atoms with Gasteiger partial charge in [-0.1, -0.05) is 6.92 Å². The second-order valence-corrected chi connectivity index (χ2v) is 6.10. The average molecular weight is 383 g/mol. The Morgan fingerprint density at radius 1 is 1.21 bits per heavy atom. The standard InChI is InChI=1S/C20H21N3O5/c1-5-11-6-13(15(24)8-16(11)26-3)18-14(9-22-20(21)23-18)12-7-17(19(25)27-4)28-10(12)2/h6-9,24H,5H2,1-4H3,(H2,21,22,23). The molecule has 8 heteroatoms. The van der Waals surface area contributed by atoms with Gasteiger partial charge in [-0.25, -0.2) is 14.8 Å². The quantitative estimate of drug-likeness (QED) is 0.643. The number of carbonyl (C=O) groups excluding carboxylic acids is 1. The van der Waals surface area contributed by atoms with Crippen molar-refractivity contribution >= 4 is 11.9 Å². The molecule has 0 unspecified atom stereocenters. The van der Waals surface area contributed by atoms with Gasteiger partial charge < -0.3 is 24.7 Å². The van der Waals surface area contributed by atoms with E-state index in [0.29, 0.717) is 40.3 Å². The molecule has 0 aliphatic heterocycles. The number of aromatic nitrogens is 2. The van der Waals surface area contributed by atoms with E-state index in [-0.39, 0.29) is 17.5 Å². The second-order valence-electron chi connectivity index (χ2n) is 6.10. The van der Waals surface area contributed by atoms with Gasteiger partial charge in [-0.05, 0) is 31.0 Å². The number of methoxy groups -OCH3 is 2. The molecule has 28 heavy (non-hydrogen) atoms. The van der Waals surface area contributed by atoms with E-state index in [1.54, 1.807) is 32.2 Å². The van der Waals surface area contributed by atoms with E-state index in [1.165, 1.54) is 13.3 Å². The summed E-state index contributed by atoms with van der Waals surface area (Å²) in [4.78, 5) is 20.2. The number of benzene rings is 1. The summed E-state index contributed by atoms with van der Waals surface area (Å²) in [7, 11) is 2.82. The second kappa shape index (κ2) is 7.59. The Bertz CT molecular complexity index is 1040. The van der Waals surface area contributed by atoms with Gasteiger partial charge in [0.1, 0.15) is 17.3 Å². The zero-order valence-corrected chi connectivity index (χ0v) is 16.1. The predicted octanol–water partition coefficient (Wildman–Crippen LogP) is 3.36.